The zero-order valence-electron chi connectivity index (χ0n) is 20.8. The highest BCUT2D eigenvalue weighted by atomic mass is 35.5. The summed E-state index contributed by atoms with van der Waals surface area (Å²) in [5.41, 5.74) is 1.88. The number of phenols is 1. The summed E-state index contributed by atoms with van der Waals surface area (Å²) in [5.74, 6) is -8.97. The minimum Gasteiger partial charge on any atom is -0.508 e. The molecule has 0 radical (unpaired) electrons. The molecule has 5 atom stereocenters. The number of carbonyl (C=O) groups excluding carboxylic acids is 3. The van der Waals surface area contributed by atoms with Crippen molar-refractivity contribution < 1.29 is 39.9 Å². The van der Waals surface area contributed by atoms with Crippen LogP contribution in [0.25, 0.3) is 17.4 Å². The summed E-state index contributed by atoms with van der Waals surface area (Å²) < 4.78 is 0. The Bertz CT molecular complexity index is 1560. The van der Waals surface area contributed by atoms with E-state index >= 15 is 0 Å². The number of benzene rings is 2. The van der Waals surface area contributed by atoms with E-state index in [1.165, 1.54) is 31.1 Å². The Kier molecular flexibility index (Phi) is 6.19. The van der Waals surface area contributed by atoms with E-state index in [9.17, 15) is 39.9 Å². The molecule has 10 nitrogen and oxygen atoms in total. The normalized spacial score (nSPS) is 29.4. The number of halogens is 1. The predicted octanol–water partition coefficient (Wildman–Crippen LogP) is 1.59. The molecule has 11 heteroatoms. The van der Waals surface area contributed by atoms with E-state index < -0.39 is 69.7 Å². The summed E-state index contributed by atoms with van der Waals surface area (Å²) in [5, 5.41) is 57.0. The number of primary amides is 1. The van der Waals surface area contributed by atoms with Crippen LogP contribution < -0.4 is 5.73 Å². The van der Waals surface area contributed by atoms with Gasteiger partial charge in [0, 0.05) is 10.9 Å². The largest absolute Gasteiger partial charge is 0.508 e. The van der Waals surface area contributed by atoms with Gasteiger partial charge >= 0.3 is 0 Å². The number of nitrogens with two attached hydrogens (primary N) is 1. The van der Waals surface area contributed by atoms with Gasteiger partial charge in [0.2, 0.25) is 5.78 Å². The van der Waals surface area contributed by atoms with E-state index in [1.807, 2.05) is 0 Å². The molecule has 0 spiro atoms. The van der Waals surface area contributed by atoms with Crippen LogP contribution >= 0.6 is 11.6 Å². The summed E-state index contributed by atoms with van der Waals surface area (Å²) in [7, 11) is 2.89. The maximum absolute atomic E-state index is 14.1. The minimum atomic E-state index is -2.99. The molecular weight excluding hydrogens is 528 g/mol. The third kappa shape index (κ3) is 3.64. The van der Waals surface area contributed by atoms with E-state index in [0.29, 0.717) is 16.1 Å². The highest BCUT2D eigenvalue weighted by molar-refractivity contribution is 6.30. The quantitative estimate of drug-likeness (QED) is 0.308. The molecule has 5 rings (SSSR count). The Morgan fingerprint density at radius 1 is 1.10 bits per heavy atom. The molecule has 0 bridgehead atoms. The fraction of sp³-hybridized carbons (Fsp3) is 0.250. The predicted molar refractivity (Wildman–Crippen MR) is 141 cm³/mol. The monoisotopic (exact) mass is 552 g/mol. The van der Waals surface area contributed by atoms with Crippen molar-refractivity contribution in [3.05, 3.63) is 81.1 Å². The smallest absolute Gasteiger partial charge is 0.255 e. The number of Topliss-reactive ketones (excluding diaryl/α,β-unsaturated/α-hetero) is 2. The second-order valence-electron chi connectivity index (χ2n) is 10.1. The summed E-state index contributed by atoms with van der Waals surface area (Å²) in [6.45, 7) is 0. The van der Waals surface area contributed by atoms with Gasteiger partial charge in [0.1, 0.15) is 22.8 Å². The maximum Gasteiger partial charge on any atom is 0.255 e. The Balaban J connectivity index is 1.86. The van der Waals surface area contributed by atoms with Crippen molar-refractivity contribution in [2.45, 2.75) is 17.7 Å². The zero-order chi connectivity index (χ0) is 28.5. The minimum absolute atomic E-state index is 0.130. The van der Waals surface area contributed by atoms with Crippen LogP contribution in [0.15, 0.2) is 59.4 Å². The van der Waals surface area contributed by atoms with Crippen LogP contribution in [-0.4, -0.2) is 79.7 Å². The Morgan fingerprint density at radius 3 is 2.38 bits per heavy atom. The third-order valence-electron chi connectivity index (χ3n) is 7.70. The van der Waals surface area contributed by atoms with E-state index in [4.69, 9.17) is 17.3 Å². The van der Waals surface area contributed by atoms with Gasteiger partial charge in [-0.1, -0.05) is 41.9 Å². The number of likely N-dealkylation sites (N-methyl/N-ethyl adjacent to an activating group) is 1. The van der Waals surface area contributed by atoms with Crippen molar-refractivity contribution >= 4 is 46.5 Å². The van der Waals surface area contributed by atoms with E-state index in [0.717, 1.165) is 0 Å². The molecule has 2 aromatic rings. The number of phenolic OH excluding ortho intramolecular Hbond substituents is 1. The van der Waals surface area contributed by atoms with Gasteiger partial charge in [-0.3, -0.25) is 19.3 Å². The fourth-order valence-electron chi connectivity index (χ4n) is 6.09. The van der Waals surface area contributed by atoms with Gasteiger partial charge in [-0.25, -0.2) is 0 Å². The molecule has 2 aromatic carbocycles. The van der Waals surface area contributed by atoms with Gasteiger partial charge in [0.15, 0.2) is 11.4 Å². The zero-order valence-corrected chi connectivity index (χ0v) is 21.5. The molecule has 39 heavy (non-hydrogen) atoms. The van der Waals surface area contributed by atoms with Crippen molar-refractivity contribution in [2.24, 2.45) is 17.6 Å². The molecule has 202 valence electrons. The molecule has 0 aliphatic heterocycles. The number of aliphatic hydroxyl groups excluding tert-OH is 3. The van der Waals surface area contributed by atoms with E-state index in [2.05, 4.69) is 0 Å². The third-order valence-corrected chi connectivity index (χ3v) is 7.94. The summed E-state index contributed by atoms with van der Waals surface area (Å²) in [6.07, 6.45) is -0.138. The highest BCUT2D eigenvalue weighted by Crippen LogP contribution is 2.56. The number of aromatic hydroxyl groups is 1. The summed E-state index contributed by atoms with van der Waals surface area (Å²) in [4.78, 5) is 40.9. The first-order valence-electron chi connectivity index (χ1n) is 11.9. The molecule has 1 fully saturated rings. The second-order valence-corrected chi connectivity index (χ2v) is 10.5. The van der Waals surface area contributed by atoms with Crippen molar-refractivity contribution in [1.29, 1.82) is 0 Å². The van der Waals surface area contributed by atoms with Crippen LogP contribution in [0, 0.1) is 11.8 Å². The van der Waals surface area contributed by atoms with Crippen molar-refractivity contribution in [3.8, 4) is 5.75 Å². The summed E-state index contributed by atoms with van der Waals surface area (Å²) in [6, 6.07) is 9.62. The fourth-order valence-corrected chi connectivity index (χ4v) is 6.28. The van der Waals surface area contributed by atoms with E-state index in [1.54, 1.807) is 36.4 Å². The highest BCUT2D eigenvalue weighted by Gasteiger charge is 2.68. The van der Waals surface area contributed by atoms with Gasteiger partial charge in [0.05, 0.1) is 29.2 Å². The van der Waals surface area contributed by atoms with Crippen LogP contribution in [0.4, 0.5) is 0 Å². The Labute approximate surface area is 227 Å². The van der Waals surface area contributed by atoms with Crippen LogP contribution in [0.3, 0.4) is 0 Å². The molecule has 1 saturated carbocycles. The number of rotatable bonds is 3. The summed E-state index contributed by atoms with van der Waals surface area (Å²) >= 11 is 6.17. The number of aliphatic hydroxyl groups is 4. The van der Waals surface area contributed by atoms with Crippen LogP contribution in [-0.2, 0) is 14.4 Å². The van der Waals surface area contributed by atoms with Gasteiger partial charge in [0.25, 0.3) is 5.91 Å². The average molecular weight is 553 g/mol. The van der Waals surface area contributed by atoms with Gasteiger partial charge in [-0.2, -0.15) is 0 Å². The second kappa shape index (κ2) is 9.06. The van der Waals surface area contributed by atoms with Crippen LogP contribution in [0.1, 0.15) is 16.7 Å². The number of carbonyl (C=O) groups is 3. The molecule has 1 amide bonds. The number of nitrogens with zero attached hydrogens (tertiary/aromatic N) is 1. The average Bonchev–Trinajstić information content (AvgIpc) is 2.85. The van der Waals surface area contributed by atoms with Gasteiger partial charge in [-0.15, -0.1) is 0 Å². The van der Waals surface area contributed by atoms with Crippen LogP contribution in [0.2, 0.25) is 5.02 Å². The number of ketones is 2. The first-order valence-corrected chi connectivity index (χ1v) is 12.3. The van der Waals surface area contributed by atoms with Gasteiger partial charge < -0.3 is 31.3 Å². The Morgan fingerprint density at radius 2 is 1.77 bits per heavy atom. The maximum atomic E-state index is 14.1. The first kappa shape index (κ1) is 26.6. The molecule has 3 aliphatic carbocycles. The first-order chi connectivity index (χ1) is 18.3. The van der Waals surface area contributed by atoms with Crippen molar-refractivity contribution in [3.63, 3.8) is 0 Å². The molecular formula is C28H25ClN2O8. The lowest BCUT2D eigenvalue weighted by Crippen LogP contribution is -2.70. The molecule has 3 aliphatic rings. The molecule has 0 saturated heterocycles. The topological polar surface area (TPSA) is 182 Å². The lowest BCUT2D eigenvalue weighted by molar-refractivity contribution is -0.166. The molecule has 7 N–H and O–H groups in total. The molecule has 0 aromatic heterocycles. The number of amides is 1. The number of hydrogen-bond donors (Lipinski definition) is 6. The number of hydrogen-bond acceptors (Lipinski definition) is 9. The van der Waals surface area contributed by atoms with Gasteiger partial charge in [-0.05, 0) is 49.0 Å². The lowest BCUT2D eigenvalue weighted by atomic mass is 9.55. The van der Waals surface area contributed by atoms with Crippen molar-refractivity contribution in [1.82, 2.24) is 4.90 Å². The standard InChI is InChI=1S/C28H25ClN2O8/c1-31(2)21-20-23(34)17-14(10-11-5-3-6-12(29)9-11)13-7-4-8-15(32)16(13)22(33)18(17)25(36)28(20,39)26(37)19(24(21)35)27(30)38/h3-10,17,20-21,23,32-34,37,39H,1-2H3,(H2,30,38)/b14-10+/t17-,20-,21+,23+,28+/m1/s1. The van der Waals surface area contributed by atoms with E-state index in [-0.39, 0.29) is 16.9 Å². The lowest BCUT2D eigenvalue weighted by Gasteiger charge is -2.53. The van der Waals surface area contributed by atoms with Crippen LogP contribution in [0.5, 0.6) is 5.75 Å². The molecule has 0 unspecified atom stereocenters. The SMILES string of the molecule is CN(C)[C@@H]1C(=O)C(C(N)=O)=C(O)[C@@]2(O)C(=O)C3=C(O)c4c(O)cccc4/C(=C\c4cccc(Cl)c4)[C@H]3[C@H](O)[C@@H]12. The Hall–Kier alpha value is -3.96. The molecule has 0 heterocycles. The van der Waals surface area contributed by atoms with Crippen molar-refractivity contribution in [2.75, 3.05) is 14.1 Å². The number of fused-ring (bicyclic) bond motifs is 3.